The molecule has 6 heteroatoms. The highest BCUT2D eigenvalue weighted by molar-refractivity contribution is 5.96. The summed E-state index contributed by atoms with van der Waals surface area (Å²) in [6.07, 6.45) is 4.34. The van der Waals surface area contributed by atoms with E-state index in [0.29, 0.717) is 18.5 Å². The van der Waals surface area contributed by atoms with Crippen LogP contribution in [0.5, 0.6) is 0 Å². The summed E-state index contributed by atoms with van der Waals surface area (Å²) in [4.78, 5) is 23.8. The van der Waals surface area contributed by atoms with Crippen LogP contribution < -0.4 is 5.32 Å². The molecule has 0 bridgehead atoms. The lowest BCUT2D eigenvalue weighted by molar-refractivity contribution is -0.143. The molecule has 1 aliphatic rings. The van der Waals surface area contributed by atoms with Crippen molar-refractivity contribution in [1.29, 1.82) is 0 Å². The number of nitrogens with one attached hydrogen (secondary N) is 1. The first-order valence-electron chi connectivity index (χ1n) is 8.17. The van der Waals surface area contributed by atoms with Gasteiger partial charge in [0.15, 0.2) is 0 Å². The Hall–Kier alpha value is -2.63. The van der Waals surface area contributed by atoms with Gasteiger partial charge >= 0.3 is 5.97 Å². The van der Waals surface area contributed by atoms with Gasteiger partial charge in [-0.2, -0.15) is 5.10 Å². The van der Waals surface area contributed by atoms with E-state index >= 15 is 0 Å². The highest BCUT2D eigenvalue weighted by Crippen LogP contribution is 2.32. The number of carbonyl (C=O) groups excluding carboxylic acids is 1. The first-order chi connectivity index (χ1) is 11.5. The Balaban J connectivity index is 1.76. The van der Waals surface area contributed by atoms with Crippen molar-refractivity contribution >= 4 is 17.6 Å². The number of aliphatic carboxylic acids is 1. The fourth-order valence-corrected chi connectivity index (χ4v) is 3.28. The fraction of sp³-hybridized carbons (Fsp3) is 0.389. The Labute approximate surface area is 140 Å². The number of carboxylic acids is 1. The van der Waals surface area contributed by atoms with Gasteiger partial charge in [-0.05, 0) is 19.3 Å². The van der Waals surface area contributed by atoms with Crippen molar-refractivity contribution in [3.63, 3.8) is 0 Å². The summed E-state index contributed by atoms with van der Waals surface area (Å²) < 4.78 is 1.67. The van der Waals surface area contributed by atoms with E-state index in [9.17, 15) is 14.7 Å². The number of aromatic nitrogens is 2. The Morgan fingerprint density at radius 2 is 1.92 bits per heavy atom. The number of hydrogen-bond donors (Lipinski definition) is 2. The topological polar surface area (TPSA) is 84.2 Å². The normalized spacial score (nSPS) is 20.5. The molecule has 1 fully saturated rings. The van der Waals surface area contributed by atoms with Crippen LogP contribution in [-0.2, 0) is 16.6 Å². The molecule has 1 aromatic heterocycles. The van der Waals surface area contributed by atoms with E-state index in [1.54, 1.807) is 10.9 Å². The quantitative estimate of drug-likeness (QED) is 0.904. The minimum atomic E-state index is -0.807. The van der Waals surface area contributed by atoms with E-state index in [-0.39, 0.29) is 11.8 Å². The molecule has 2 atom stereocenters. The number of nitrogens with zero attached hydrogens (tertiary/aromatic N) is 2. The minimum absolute atomic E-state index is 0.119. The molecule has 0 aliphatic heterocycles. The number of anilines is 1. The number of benzene rings is 1. The molecule has 24 heavy (non-hydrogen) atoms. The third kappa shape index (κ3) is 3.48. The van der Waals surface area contributed by atoms with E-state index in [2.05, 4.69) is 10.4 Å². The summed E-state index contributed by atoms with van der Waals surface area (Å²) in [7, 11) is 1.81. The summed E-state index contributed by atoms with van der Waals surface area (Å²) in [5.74, 6) is -1.61. The number of rotatable bonds is 4. The molecule has 0 spiro atoms. The molecule has 1 aromatic carbocycles. The van der Waals surface area contributed by atoms with Crippen molar-refractivity contribution in [1.82, 2.24) is 9.78 Å². The maximum Gasteiger partial charge on any atom is 0.306 e. The van der Waals surface area contributed by atoms with Crippen LogP contribution >= 0.6 is 0 Å². The highest BCUT2D eigenvalue weighted by atomic mass is 16.4. The van der Waals surface area contributed by atoms with Crippen molar-refractivity contribution < 1.29 is 14.7 Å². The van der Waals surface area contributed by atoms with Gasteiger partial charge in [-0.15, -0.1) is 0 Å². The molecule has 2 N–H and O–H groups in total. The molecular weight excluding hydrogens is 306 g/mol. The van der Waals surface area contributed by atoms with Crippen LogP contribution in [0.1, 0.15) is 25.7 Å². The average molecular weight is 327 g/mol. The number of amides is 1. The van der Waals surface area contributed by atoms with Crippen molar-refractivity contribution in [3.8, 4) is 11.3 Å². The Bertz CT molecular complexity index is 739. The summed E-state index contributed by atoms with van der Waals surface area (Å²) in [5, 5.41) is 16.6. The first-order valence-corrected chi connectivity index (χ1v) is 8.17. The molecule has 3 rings (SSSR count). The highest BCUT2D eigenvalue weighted by Gasteiger charge is 2.31. The van der Waals surface area contributed by atoms with E-state index in [1.165, 1.54) is 0 Å². The van der Waals surface area contributed by atoms with Crippen LogP contribution in [0.3, 0.4) is 0 Å². The molecule has 126 valence electrons. The molecule has 1 aliphatic carbocycles. The Morgan fingerprint density at radius 3 is 2.62 bits per heavy atom. The average Bonchev–Trinajstić information content (AvgIpc) is 2.96. The molecule has 0 unspecified atom stereocenters. The van der Waals surface area contributed by atoms with Gasteiger partial charge in [-0.3, -0.25) is 14.3 Å². The summed E-state index contributed by atoms with van der Waals surface area (Å²) >= 11 is 0. The minimum Gasteiger partial charge on any atom is -0.481 e. The van der Waals surface area contributed by atoms with Crippen molar-refractivity contribution in [2.45, 2.75) is 25.7 Å². The summed E-state index contributed by atoms with van der Waals surface area (Å²) in [6.45, 7) is 0. The van der Waals surface area contributed by atoms with Gasteiger partial charge in [0.2, 0.25) is 5.91 Å². The van der Waals surface area contributed by atoms with Crippen LogP contribution in [0.25, 0.3) is 11.3 Å². The zero-order chi connectivity index (χ0) is 17.1. The van der Waals surface area contributed by atoms with Gasteiger partial charge < -0.3 is 10.4 Å². The van der Waals surface area contributed by atoms with Crippen molar-refractivity contribution in [3.05, 3.63) is 36.5 Å². The third-order valence-electron chi connectivity index (χ3n) is 4.53. The molecule has 1 heterocycles. The molecular formula is C18H21N3O3. The van der Waals surface area contributed by atoms with E-state index in [4.69, 9.17) is 0 Å². The van der Waals surface area contributed by atoms with Gasteiger partial charge in [0.1, 0.15) is 5.69 Å². The molecule has 1 amide bonds. The predicted molar refractivity (Wildman–Crippen MR) is 90.4 cm³/mol. The molecule has 0 radical (unpaired) electrons. The van der Waals surface area contributed by atoms with E-state index in [0.717, 1.165) is 24.1 Å². The number of aryl methyl sites for hydroxylation is 1. The van der Waals surface area contributed by atoms with Crippen LogP contribution in [0.15, 0.2) is 36.5 Å². The number of hydrogen-bond acceptors (Lipinski definition) is 3. The van der Waals surface area contributed by atoms with E-state index < -0.39 is 11.9 Å². The monoisotopic (exact) mass is 327 g/mol. The predicted octanol–water partition coefficient (Wildman–Crippen LogP) is 2.92. The van der Waals surface area contributed by atoms with Gasteiger partial charge in [0.05, 0.1) is 11.6 Å². The molecule has 1 saturated carbocycles. The van der Waals surface area contributed by atoms with E-state index in [1.807, 2.05) is 37.4 Å². The lowest BCUT2D eigenvalue weighted by Crippen LogP contribution is -2.31. The Morgan fingerprint density at radius 1 is 1.21 bits per heavy atom. The largest absolute Gasteiger partial charge is 0.481 e. The van der Waals surface area contributed by atoms with Crippen molar-refractivity contribution in [2.75, 3.05) is 5.32 Å². The summed E-state index contributed by atoms with van der Waals surface area (Å²) in [6, 6.07) is 9.67. The maximum atomic E-state index is 12.6. The Kier molecular flexibility index (Phi) is 4.64. The smallest absolute Gasteiger partial charge is 0.306 e. The van der Waals surface area contributed by atoms with Gasteiger partial charge in [-0.25, -0.2) is 0 Å². The standard InChI is InChI=1S/C18H21N3O3/c1-21-11-15(16(20-21)12-6-3-2-4-7-12)19-17(22)13-8-5-9-14(10-13)18(23)24/h2-4,6-7,11,13-14H,5,8-10H2,1H3,(H,19,22)(H,23,24)/t13-,14+/m1/s1. The van der Waals surface area contributed by atoms with Crippen LogP contribution in [0.4, 0.5) is 5.69 Å². The van der Waals surface area contributed by atoms with Crippen LogP contribution in [0, 0.1) is 11.8 Å². The lowest BCUT2D eigenvalue weighted by atomic mass is 9.81. The molecule has 6 nitrogen and oxygen atoms in total. The second-order valence-electron chi connectivity index (χ2n) is 6.32. The second kappa shape index (κ2) is 6.86. The zero-order valence-electron chi connectivity index (χ0n) is 13.6. The molecule has 2 aromatic rings. The SMILES string of the molecule is Cn1cc(NC(=O)[C@@H]2CCC[C@H](C(=O)O)C2)c(-c2ccccc2)n1. The third-order valence-corrected chi connectivity index (χ3v) is 4.53. The number of carboxylic acid groups (broad SMARTS) is 1. The van der Waals surface area contributed by atoms with Crippen LogP contribution in [-0.4, -0.2) is 26.8 Å². The number of carbonyl (C=O) groups is 2. The maximum absolute atomic E-state index is 12.6. The lowest BCUT2D eigenvalue weighted by Gasteiger charge is -2.25. The zero-order valence-corrected chi connectivity index (χ0v) is 13.6. The summed E-state index contributed by atoms with van der Waals surface area (Å²) in [5.41, 5.74) is 2.31. The van der Waals surface area contributed by atoms with Gasteiger partial charge in [-0.1, -0.05) is 36.8 Å². The van der Waals surface area contributed by atoms with Gasteiger partial charge in [0.25, 0.3) is 0 Å². The first kappa shape index (κ1) is 16.2. The second-order valence-corrected chi connectivity index (χ2v) is 6.32. The molecule has 0 saturated heterocycles. The van der Waals surface area contributed by atoms with Gasteiger partial charge in [0, 0.05) is 24.7 Å². The van der Waals surface area contributed by atoms with Crippen molar-refractivity contribution in [2.24, 2.45) is 18.9 Å². The fourth-order valence-electron chi connectivity index (χ4n) is 3.28. The van der Waals surface area contributed by atoms with Crippen LogP contribution in [0.2, 0.25) is 0 Å².